The van der Waals surface area contributed by atoms with Gasteiger partial charge in [-0.2, -0.15) is 0 Å². The number of carbonyl (C=O) groups is 1. The molecule has 0 N–H and O–H groups in total. The smallest absolute Gasteiger partial charge is 0.150 e. The number of benzene rings is 2. The standard InChI is InChI=1S/C7H6O.C6H5I/c8-6-7-4-2-1-3-5-7;7-6-4-2-1-3-5-6/h1-6H;1-5H. The van der Waals surface area contributed by atoms with Crippen LogP contribution >= 0.6 is 22.6 Å². The van der Waals surface area contributed by atoms with Crippen molar-refractivity contribution in [3.05, 3.63) is 69.8 Å². The lowest BCUT2D eigenvalue weighted by molar-refractivity contribution is 0.112. The summed E-state index contributed by atoms with van der Waals surface area (Å²) in [6.07, 6.45) is 0.833. The van der Waals surface area contributed by atoms with Crippen molar-refractivity contribution in [1.29, 1.82) is 0 Å². The summed E-state index contributed by atoms with van der Waals surface area (Å²) in [7, 11) is 0. The highest BCUT2D eigenvalue weighted by atomic mass is 127. The zero-order chi connectivity index (χ0) is 10.9. The van der Waals surface area contributed by atoms with Crippen LogP contribution in [-0.4, -0.2) is 6.29 Å². The Morgan fingerprint density at radius 2 is 1.27 bits per heavy atom. The average molecular weight is 310 g/mol. The number of rotatable bonds is 1. The maximum atomic E-state index is 10.0. The summed E-state index contributed by atoms with van der Waals surface area (Å²) in [4.78, 5) is 10.0. The van der Waals surface area contributed by atoms with Crippen molar-refractivity contribution >= 4 is 28.9 Å². The predicted molar refractivity (Wildman–Crippen MR) is 71.0 cm³/mol. The van der Waals surface area contributed by atoms with Gasteiger partial charge in [-0.1, -0.05) is 48.5 Å². The van der Waals surface area contributed by atoms with Gasteiger partial charge in [0.25, 0.3) is 0 Å². The van der Waals surface area contributed by atoms with E-state index in [0.29, 0.717) is 0 Å². The molecule has 2 heteroatoms. The number of hydrogen-bond acceptors (Lipinski definition) is 1. The third-order valence-corrected chi connectivity index (χ3v) is 2.39. The van der Waals surface area contributed by atoms with Crippen molar-refractivity contribution in [2.45, 2.75) is 0 Å². The van der Waals surface area contributed by atoms with Crippen LogP contribution in [0.5, 0.6) is 0 Å². The second kappa shape index (κ2) is 7.17. The van der Waals surface area contributed by atoms with Crippen molar-refractivity contribution in [3.63, 3.8) is 0 Å². The Labute approximate surface area is 103 Å². The zero-order valence-electron chi connectivity index (χ0n) is 8.14. The van der Waals surface area contributed by atoms with E-state index in [1.165, 1.54) is 3.57 Å². The largest absolute Gasteiger partial charge is 0.298 e. The lowest BCUT2D eigenvalue weighted by atomic mass is 10.2. The molecule has 0 saturated heterocycles. The molecule has 0 bridgehead atoms. The van der Waals surface area contributed by atoms with Crippen molar-refractivity contribution in [2.24, 2.45) is 0 Å². The van der Waals surface area contributed by atoms with Crippen LogP contribution in [0.3, 0.4) is 0 Å². The molecule has 15 heavy (non-hydrogen) atoms. The zero-order valence-corrected chi connectivity index (χ0v) is 10.3. The summed E-state index contributed by atoms with van der Waals surface area (Å²) in [6, 6.07) is 19.3. The normalized spacial score (nSPS) is 8.60. The third kappa shape index (κ3) is 5.32. The molecule has 0 unspecified atom stereocenters. The van der Waals surface area contributed by atoms with Gasteiger partial charge in [-0.15, -0.1) is 0 Å². The summed E-state index contributed by atoms with van der Waals surface area (Å²) in [5.74, 6) is 0. The third-order valence-electron chi connectivity index (χ3n) is 1.67. The molecule has 2 aromatic rings. The Hall–Kier alpha value is -1.16. The quantitative estimate of drug-likeness (QED) is 0.578. The summed E-state index contributed by atoms with van der Waals surface area (Å²) >= 11 is 2.28. The Bertz CT molecular complexity index is 384. The number of aldehydes is 1. The topological polar surface area (TPSA) is 17.1 Å². The van der Waals surface area contributed by atoms with Crippen LogP contribution in [0.15, 0.2) is 60.7 Å². The van der Waals surface area contributed by atoms with Crippen molar-refractivity contribution in [2.75, 3.05) is 0 Å². The summed E-state index contributed by atoms with van der Waals surface area (Å²) in [5, 5.41) is 0. The Morgan fingerprint density at radius 3 is 1.53 bits per heavy atom. The number of carbonyl (C=O) groups excluding carboxylic acids is 1. The Morgan fingerprint density at radius 1 is 0.800 bits per heavy atom. The van der Waals surface area contributed by atoms with Gasteiger partial charge in [0.05, 0.1) is 0 Å². The highest BCUT2D eigenvalue weighted by Gasteiger charge is 1.80. The second-order valence-corrected chi connectivity index (χ2v) is 4.07. The van der Waals surface area contributed by atoms with Crippen molar-refractivity contribution in [3.8, 4) is 0 Å². The fourth-order valence-corrected chi connectivity index (χ4v) is 1.36. The van der Waals surface area contributed by atoms with Crippen LogP contribution in [0, 0.1) is 3.57 Å². The molecule has 0 radical (unpaired) electrons. The van der Waals surface area contributed by atoms with Crippen molar-refractivity contribution < 1.29 is 4.79 Å². The first-order valence-corrected chi connectivity index (χ1v) is 5.61. The van der Waals surface area contributed by atoms with E-state index in [4.69, 9.17) is 0 Å². The van der Waals surface area contributed by atoms with Gasteiger partial charge >= 0.3 is 0 Å². The molecule has 0 spiro atoms. The fourth-order valence-electron chi connectivity index (χ4n) is 0.946. The fraction of sp³-hybridized carbons (Fsp3) is 0. The van der Waals surface area contributed by atoms with Crippen LogP contribution in [0.25, 0.3) is 0 Å². The molecule has 0 amide bonds. The van der Waals surface area contributed by atoms with E-state index in [-0.39, 0.29) is 0 Å². The molecule has 0 aromatic heterocycles. The molecule has 1 nitrogen and oxygen atoms in total. The van der Waals surface area contributed by atoms with Crippen LogP contribution in [0.2, 0.25) is 0 Å². The van der Waals surface area contributed by atoms with E-state index in [9.17, 15) is 4.79 Å². The minimum atomic E-state index is 0.729. The van der Waals surface area contributed by atoms with Gasteiger partial charge in [0.15, 0.2) is 0 Å². The van der Waals surface area contributed by atoms with Gasteiger partial charge in [-0.25, -0.2) is 0 Å². The van der Waals surface area contributed by atoms with Crippen LogP contribution in [-0.2, 0) is 0 Å². The molecule has 0 aliphatic rings. The van der Waals surface area contributed by atoms with Crippen LogP contribution < -0.4 is 0 Å². The molecule has 0 atom stereocenters. The molecule has 2 rings (SSSR count). The molecular weight excluding hydrogens is 299 g/mol. The minimum absolute atomic E-state index is 0.729. The van der Waals surface area contributed by atoms with E-state index in [1.54, 1.807) is 12.1 Å². The molecule has 0 aliphatic heterocycles. The Kier molecular flexibility index (Phi) is 5.70. The minimum Gasteiger partial charge on any atom is -0.298 e. The number of hydrogen-bond donors (Lipinski definition) is 0. The first-order chi connectivity index (χ1) is 7.33. The highest BCUT2D eigenvalue weighted by molar-refractivity contribution is 14.1. The van der Waals surface area contributed by atoms with E-state index < -0.39 is 0 Å². The second-order valence-electron chi connectivity index (χ2n) is 2.82. The first kappa shape index (κ1) is 11.9. The molecule has 0 fully saturated rings. The monoisotopic (exact) mass is 310 g/mol. The van der Waals surface area contributed by atoms with Gasteiger partial charge in [0.2, 0.25) is 0 Å². The molecular formula is C13H11IO. The maximum absolute atomic E-state index is 10.0. The summed E-state index contributed by atoms with van der Waals surface area (Å²) in [6.45, 7) is 0. The lowest BCUT2D eigenvalue weighted by Crippen LogP contribution is -1.73. The predicted octanol–water partition coefficient (Wildman–Crippen LogP) is 3.79. The number of halogens is 1. The van der Waals surface area contributed by atoms with E-state index in [2.05, 4.69) is 34.7 Å². The maximum Gasteiger partial charge on any atom is 0.150 e. The molecule has 0 saturated carbocycles. The molecule has 2 aromatic carbocycles. The van der Waals surface area contributed by atoms with E-state index in [1.807, 2.05) is 36.4 Å². The summed E-state index contributed by atoms with van der Waals surface area (Å²) in [5.41, 5.74) is 0.729. The molecule has 76 valence electrons. The molecule has 0 aliphatic carbocycles. The Balaban J connectivity index is 0.000000151. The van der Waals surface area contributed by atoms with Gasteiger partial charge < -0.3 is 0 Å². The van der Waals surface area contributed by atoms with Gasteiger partial charge in [0.1, 0.15) is 6.29 Å². The average Bonchev–Trinajstić information content (AvgIpc) is 2.32. The van der Waals surface area contributed by atoms with Gasteiger partial charge in [-0.05, 0) is 34.7 Å². The lowest BCUT2D eigenvalue weighted by Gasteiger charge is -1.81. The van der Waals surface area contributed by atoms with Gasteiger partial charge in [-0.3, -0.25) is 4.79 Å². The first-order valence-electron chi connectivity index (χ1n) is 4.53. The summed E-state index contributed by atoms with van der Waals surface area (Å²) < 4.78 is 1.29. The SMILES string of the molecule is Ic1ccccc1.O=Cc1ccccc1. The van der Waals surface area contributed by atoms with E-state index in [0.717, 1.165) is 11.8 Å². The molecule has 0 heterocycles. The van der Waals surface area contributed by atoms with Crippen LogP contribution in [0.1, 0.15) is 10.4 Å². The van der Waals surface area contributed by atoms with Crippen molar-refractivity contribution in [1.82, 2.24) is 0 Å². The van der Waals surface area contributed by atoms with Gasteiger partial charge in [0, 0.05) is 9.13 Å². The van der Waals surface area contributed by atoms with Crippen LogP contribution in [0.4, 0.5) is 0 Å². The van der Waals surface area contributed by atoms with E-state index >= 15 is 0 Å². The highest BCUT2D eigenvalue weighted by Crippen LogP contribution is 1.99.